The number of imidazole rings is 1. The smallest absolute Gasteiger partial charge is 0.332 e. The Balaban J connectivity index is 1.67. The first kappa shape index (κ1) is 23.1. The molecule has 178 valence electrons. The van der Waals surface area contributed by atoms with Crippen LogP contribution >= 0.6 is 0 Å². The molecule has 1 aliphatic heterocycles. The zero-order valence-corrected chi connectivity index (χ0v) is 19.7. The number of fused-ring (bicyclic) bond motifs is 1. The lowest BCUT2D eigenvalue weighted by molar-refractivity contribution is 0.0936. The number of benzene rings is 1. The highest BCUT2D eigenvalue weighted by Crippen LogP contribution is 2.23. The van der Waals surface area contributed by atoms with Gasteiger partial charge in [-0.3, -0.25) is 13.9 Å². The first-order valence-electron chi connectivity index (χ1n) is 11.7. The SMILES string of the molecule is CCc1ccc(OC[C@H](O)Cn2c(N3CCCCCC3)nc3c2c(=O)n(C)c(=O)n3C)cc1. The lowest BCUT2D eigenvalue weighted by Crippen LogP contribution is -2.38. The maximum Gasteiger partial charge on any atom is 0.332 e. The molecular weight excluding hydrogens is 422 g/mol. The average Bonchev–Trinajstić information content (AvgIpc) is 2.99. The molecule has 4 rings (SSSR count). The van der Waals surface area contributed by atoms with Crippen LogP contribution in [0.4, 0.5) is 5.95 Å². The molecule has 0 unspecified atom stereocenters. The fraction of sp³-hybridized carbons (Fsp3) is 0.542. The van der Waals surface area contributed by atoms with Crippen molar-refractivity contribution in [3.63, 3.8) is 0 Å². The Morgan fingerprint density at radius 2 is 1.70 bits per heavy atom. The second-order valence-electron chi connectivity index (χ2n) is 8.76. The van der Waals surface area contributed by atoms with Crippen molar-refractivity contribution in [2.45, 2.75) is 51.7 Å². The number of ether oxygens (including phenoxy) is 1. The van der Waals surface area contributed by atoms with E-state index in [0.29, 0.717) is 22.9 Å². The lowest BCUT2D eigenvalue weighted by Gasteiger charge is -2.23. The largest absolute Gasteiger partial charge is 0.491 e. The highest BCUT2D eigenvalue weighted by atomic mass is 16.5. The summed E-state index contributed by atoms with van der Waals surface area (Å²) in [6.45, 7) is 3.97. The van der Waals surface area contributed by atoms with Crippen molar-refractivity contribution < 1.29 is 9.84 Å². The summed E-state index contributed by atoms with van der Waals surface area (Å²) in [5.41, 5.74) is 1.05. The molecule has 33 heavy (non-hydrogen) atoms. The van der Waals surface area contributed by atoms with Crippen LogP contribution in [0.15, 0.2) is 33.9 Å². The number of aryl methyl sites for hydroxylation is 2. The fourth-order valence-electron chi connectivity index (χ4n) is 4.40. The van der Waals surface area contributed by atoms with E-state index < -0.39 is 17.4 Å². The van der Waals surface area contributed by atoms with E-state index in [9.17, 15) is 14.7 Å². The van der Waals surface area contributed by atoms with Crippen molar-refractivity contribution in [3.8, 4) is 5.75 Å². The summed E-state index contributed by atoms with van der Waals surface area (Å²) >= 11 is 0. The monoisotopic (exact) mass is 455 g/mol. The van der Waals surface area contributed by atoms with Crippen LogP contribution in [0.3, 0.4) is 0 Å². The van der Waals surface area contributed by atoms with Crippen molar-refractivity contribution in [1.82, 2.24) is 18.7 Å². The van der Waals surface area contributed by atoms with Gasteiger partial charge in [0.2, 0.25) is 5.95 Å². The fourth-order valence-corrected chi connectivity index (χ4v) is 4.40. The van der Waals surface area contributed by atoms with E-state index in [4.69, 9.17) is 9.72 Å². The van der Waals surface area contributed by atoms with Gasteiger partial charge in [-0.25, -0.2) is 4.79 Å². The summed E-state index contributed by atoms with van der Waals surface area (Å²) in [5, 5.41) is 10.8. The van der Waals surface area contributed by atoms with Crippen molar-refractivity contribution in [3.05, 3.63) is 50.7 Å². The molecule has 2 aromatic heterocycles. The molecule has 1 N–H and O–H groups in total. The molecule has 1 aromatic carbocycles. The predicted molar refractivity (Wildman–Crippen MR) is 128 cm³/mol. The molecule has 0 bridgehead atoms. The first-order valence-corrected chi connectivity index (χ1v) is 11.7. The Morgan fingerprint density at radius 1 is 1.03 bits per heavy atom. The van der Waals surface area contributed by atoms with E-state index >= 15 is 0 Å². The summed E-state index contributed by atoms with van der Waals surface area (Å²) < 4.78 is 10.0. The van der Waals surface area contributed by atoms with E-state index in [0.717, 1.165) is 49.8 Å². The van der Waals surface area contributed by atoms with Crippen molar-refractivity contribution in [2.24, 2.45) is 14.1 Å². The zero-order valence-electron chi connectivity index (χ0n) is 19.7. The molecule has 0 saturated carbocycles. The van der Waals surface area contributed by atoms with E-state index in [-0.39, 0.29) is 13.2 Å². The number of aliphatic hydroxyl groups excluding tert-OH is 1. The Bertz CT molecular complexity index is 1220. The summed E-state index contributed by atoms with van der Waals surface area (Å²) in [6, 6.07) is 7.80. The van der Waals surface area contributed by atoms with E-state index in [1.54, 1.807) is 11.6 Å². The third kappa shape index (κ3) is 4.68. The number of hydrogen-bond acceptors (Lipinski definition) is 6. The van der Waals surface area contributed by atoms with Crippen LogP contribution < -0.4 is 20.9 Å². The van der Waals surface area contributed by atoms with Crippen LogP contribution in [-0.2, 0) is 27.1 Å². The number of anilines is 1. The van der Waals surface area contributed by atoms with Crippen LogP contribution in [-0.4, -0.2) is 49.6 Å². The number of aliphatic hydroxyl groups is 1. The average molecular weight is 456 g/mol. The van der Waals surface area contributed by atoms with E-state index in [1.165, 1.54) is 17.2 Å². The minimum absolute atomic E-state index is 0.0800. The maximum absolute atomic E-state index is 13.1. The maximum atomic E-state index is 13.1. The van der Waals surface area contributed by atoms with Gasteiger partial charge in [0.25, 0.3) is 5.56 Å². The minimum Gasteiger partial charge on any atom is -0.491 e. The van der Waals surface area contributed by atoms with Crippen LogP contribution in [0.1, 0.15) is 38.2 Å². The molecule has 1 aliphatic rings. The molecule has 1 saturated heterocycles. The Hall–Kier alpha value is -3.07. The van der Waals surface area contributed by atoms with E-state index in [2.05, 4.69) is 11.8 Å². The highest BCUT2D eigenvalue weighted by molar-refractivity contribution is 5.74. The van der Waals surface area contributed by atoms with Gasteiger partial charge in [-0.2, -0.15) is 4.98 Å². The summed E-state index contributed by atoms with van der Waals surface area (Å²) in [4.78, 5) is 32.4. The Labute approximate surface area is 192 Å². The number of aromatic nitrogens is 4. The van der Waals surface area contributed by atoms with Gasteiger partial charge < -0.3 is 19.3 Å². The Morgan fingerprint density at radius 3 is 2.33 bits per heavy atom. The topological polar surface area (TPSA) is 94.5 Å². The van der Waals surface area contributed by atoms with Gasteiger partial charge in [-0.05, 0) is 37.0 Å². The number of hydrogen-bond donors (Lipinski definition) is 1. The molecule has 9 heteroatoms. The van der Waals surface area contributed by atoms with Gasteiger partial charge in [-0.15, -0.1) is 0 Å². The standard InChI is InChI=1S/C24H33N5O4/c1-4-17-9-11-19(12-10-17)33-16-18(30)15-29-20-21(26(2)24(32)27(3)22(20)31)25-23(29)28-13-7-5-6-8-14-28/h9-12,18,30H,4-8,13-16H2,1-3H3/t18-/m1/s1. The summed E-state index contributed by atoms with van der Waals surface area (Å²) in [6.07, 6.45) is 4.49. The van der Waals surface area contributed by atoms with Crippen LogP contribution in [0, 0.1) is 0 Å². The molecule has 0 aliphatic carbocycles. The molecule has 1 fully saturated rings. The normalized spacial score (nSPS) is 15.6. The van der Waals surface area contributed by atoms with Gasteiger partial charge in [0.05, 0.1) is 6.54 Å². The van der Waals surface area contributed by atoms with Crippen molar-refractivity contribution in [1.29, 1.82) is 0 Å². The Kier molecular flexibility index (Phi) is 6.88. The molecule has 0 amide bonds. The molecular formula is C24H33N5O4. The molecule has 3 aromatic rings. The zero-order chi connectivity index (χ0) is 23.5. The van der Waals surface area contributed by atoms with Gasteiger partial charge >= 0.3 is 5.69 Å². The van der Waals surface area contributed by atoms with Crippen LogP contribution in [0.2, 0.25) is 0 Å². The third-order valence-corrected chi connectivity index (χ3v) is 6.38. The predicted octanol–water partition coefficient (Wildman–Crippen LogP) is 1.82. The van der Waals surface area contributed by atoms with E-state index in [1.807, 2.05) is 24.3 Å². The molecule has 0 spiro atoms. The second kappa shape index (κ2) is 9.82. The summed E-state index contributed by atoms with van der Waals surface area (Å²) in [5.74, 6) is 1.31. The number of nitrogens with zero attached hydrogens (tertiary/aromatic N) is 5. The second-order valence-corrected chi connectivity index (χ2v) is 8.76. The third-order valence-electron chi connectivity index (χ3n) is 6.38. The van der Waals surface area contributed by atoms with Crippen LogP contribution in [0.25, 0.3) is 11.2 Å². The van der Waals surface area contributed by atoms with Gasteiger partial charge in [0.15, 0.2) is 11.2 Å². The lowest BCUT2D eigenvalue weighted by atomic mass is 10.2. The van der Waals surface area contributed by atoms with Gasteiger partial charge in [0, 0.05) is 27.2 Å². The van der Waals surface area contributed by atoms with Gasteiger partial charge in [0.1, 0.15) is 18.5 Å². The first-order chi connectivity index (χ1) is 15.9. The molecule has 3 heterocycles. The molecule has 1 atom stereocenters. The van der Waals surface area contributed by atoms with Gasteiger partial charge in [-0.1, -0.05) is 31.9 Å². The quantitative estimate of drug-likeness (QED) is 0.584. The summed E-state index contributed by atoms with van der Waals surface area (Å²) in [7, 11) is 3.08. The number of rotatable bonds is 7. The minimum atomic E-state index is -0.860. The molecule has 9 nitrogen and oxygen atoms in total. The van der Waals surface area contributed by atoms with Crippen molar-refractivity contribution in [2.75, 3.05) is 24.6 Å². The van der Waals surface area contributed by atoms with Crippen molar-refractivity contribution >= 4 is 17.1 Å². The van der Waals surface area contributed by atoms with Crippen LogP contribution in [0.5, 0.6) is 5.75 Å². The highest BCUT2D eigenvalue weighted by Gasteiger charge is 2.25. The molecule has 0 radical (unpaired) electrons.